The Labute approximate surface area is 186 Å². The van der Waals surface area contributed by atoms with Gasteiger partial charge in [-0.1, -0.05) is 41.7 Å². The van der Waals surface area contributed by atoms with E-state index in [0.717, 1.165) is 28.2 Å². The Hall–Kier alpha value is -3.40. The highest BCUT2D eigenvalue weighted by atomic mass is 32.1. The standard InChI is InChI=1S/C22H20F3N5OS/c1-14-19-20(30(28-14)17-9-4-3-5-10-17)27-21(32-19)29(2)13-18(31)26-12-15-7-6-8-16(11-15)22(23,24)25/h3-11H,12-13H2,1-2H3,(H,26,31). The quantitative estimate of drug-likeness (QED) is 0.459. The second-order valence-electron chi connectivity index (χ2n) is 7.31. The number of alkyl halides is 3. The van der Waals surface area contributed by atoms with Crippen LogP contribution in [0.5, 0.6) is 0 Å². The van der Waals surface area contributed by atoms with Gasteiger partial charge in [-0.2, -0.15) is 23.3 Å². The van der Waals surface area contributed by atoms with Gasteiger partial charge >= 0.3 is 6.18 Å². The van der Waals surface area contributed by atoms with E-state index in [1.807, 2.05) is 37.3 Å². The van der Waals surface area contributed by atoms with E-state index in [9.17, 15) is 18.0 Å². The summed E-state index contributed by atoms with van der Waals surface area (Å²) in [5.74, 6) is -0.314. The number of rotatable bonds is 6. The van der Waals surface area contributed by atoms with Crippen molar-refractivity contribution in [3.63, 3.8) is 0 Å². The van der Waals surface area contributed by atoms with Gasteiger partial charge in [0.15, 0.2) is 10.8 Å². The molecule has 1 N–H and O–H groups in total. The molecular formula is C22H20F3N5OS. The molecule has 0 spiro atoms. The van der Waals surface area contributed by atoms with Crippen molar-refractivity contribution >= 4 is 32.7 Å². The number of nitrogens with zero attached hydrogens (tertiary/aromatic N) is 4. The van der Waals surface area contributed by atoms with E-state index >= 15 is 0 Å². The maximum absolute atomic E-state index is 12.8. The predicted octanol–water partition coefficient (Wildman–Crippen LogP) is 4.56. The molecule has 1 amide bonds. The number of nitrogens with one attached hydrogen (secondary N) is 1. The molecule has 0 atom stereocenters. The summed E-state index contributed by atoms with van der Waals surface area (Å²) >= 11 is 1.44. The number of halogens is 3. The van der Waals surface area contributed by atoms with Crippen LogP contribution in [0, 0.1) is 6.92 Å². The monoisotopic (exact) mass is 459 g/mol. The number of aromatic nitrogens is 3. The third-order valence-corrected chi connectivity index (χ3v) is 6.10. The number of fused-ring (bicyclic) bond motifs is 1. The van der Waals surface area contributed by atoms with E-state index in [-0.39, 0.29) is 19.0 Å². The molecule has 0 bridgehead atoms. The normalized spacial score (nSPS) is 11.7. The molecule has 0 aliphatic carbocycles. The molecule has 32 heavy (non-hydrogen) atoms. The Morgan fingerprint density at radius 3 is 2.62 bits per heavy atom. The fourth-order valence-corrected chi connectivity index (χ4v) is 4.18. The third-order valence-electron chi connectivity index (χ3n) is 4.83. The molecule has 0 unspecified atom stereocenters. The van der Waals surface area contributed by atoms with Gasteiger partial charge in [0.25, 0.3) is 0 Å². The molecule has 0 radical (unpaired) electrons. The Morgan fingerprint density at radius 1 is 1.16 bits per heavy atom. The van der Waals surface area contributed by atoms with E-state index in [2.05, 4.69) is 15.4 Å². The van der Waals surface area contributed by atoms with Crippen molar-refractivity contribution in [3.05, 3.63) is 71.4 Å². The van der Waals surface area contributed by atoms with Crippen molar-refractivity contribution in [2.24, 2.45) is 0 Å². The SMILES string of the molecule is Cc1nn(-c2ccccc2)c2nc(N(C)CC(=O)NCc3cccc(C(F)(F)F)c3)sc12. The Morgan fingerprint density at radius 2 is 1.91 bits per heavy atom. The largest absolute Gasteiger partial charge is 0.416 e. The summed E-state index contributed by atoms with van der Waals surface area (Å²) in [6.07, 6.45) is -4.42. The van der Waals surface area contributed by atoms with Gasteiger partial charge in [0.1, 0.15) is 0 Å². The molecule has 0 aliphatic rings. The summed E-state index contributed by atoms with van der Waals surface area (Å²) in [6.45, 7) is 1.94. The van der Waals surface area contributed by atoms with E-state index in [0.29, 0.717) is 16.3 Å². The van der Waals surface area contributed by atoms with Gasteiger partial charge in [-0.3, -0.25) is 4.79 Å². The molecule has 4 rings (SSSR count). The zero-order valence-corrected chi connectivity index (χ0v) is 18.2. The molecule has 6 nitrogen and oxygen atoms in total. The fourth-order valence-electron chi connectivity index (χ4n) is 3.23. The Bertz CT molecular complexity index is 1250. The molecule has 10 heteroatoms. The first-order valence-corrected chi connectivity index (χ1v) is 10.6. The van der Waals surface area contributed by atoms with Crippen LogP contribution in [-0.4, -0.2) is 34.3 Å². The minimum atomic E-state index is -4.42. The molecule has 0 aliphatic heterocycles. The number of para-hydroxylation sites is 1. The van der Waals surface area contributed by atoms with Crippen LogP contribution in [-0.2, 0) is 17.5 Å². The lowest BCUT2D eigenvalue weighted by molar-refractivity contribution is -0.137. The summed E-state index contributed by atoms with van der Waals surface area (Å²) in [5.41, 5.74) is 2.09. The van der Waals surface area contributed by atoms with Gasteiger partial charge in [0.05, 0.1) is 28.2 Å². The van der Waals surface area contributed by atoms with Gasteiger partial charge in [0.2, 0.25) is 5.91 Å². The second kappa shape index (κ2) is 8.62. The summed E-state index contributed by atoms with van der Waals surface area (Å²) in [7, 11) is 1.75. The van der Waals surface area contributed by atoms with Gasteiger partial charge in [-0.05, 0) is 36.8 Å². The van der Waals surface area contributed by atoms with Gasteiger partial charge in [-0.25, -0.2) is 4.68 Å². The van der Waals surface area contributed by atoms with Crippen molar-refractivity contribution in [2.75, 3.05) is 18.5 Å². The lowest BCUT2D eigenvalue weighted by atomic mass is 10.1. The lowest BCUT2D eigenvalue weighted by Crippen LogP contribution is -2.34. The topological polar surface area (TPSA) is 63.1 Å². The fraction of sp³-hybridized carbons (Fsp3) is 0.227. The number of benzene rings is 2. The molecule has 2 heterocycles. The van der Waals surface area contributed by atoms with Crippen molar-refractivity contribution in [1.82, 2.24) is 20.1 Å². The van der Waals surface area contributed by atoms with Gasteiger partial charge in [0, 0.05) is 13.6 Å². The number of hydrogen-bond donors (Lipinski definition) is 1. The van der Waals surface area contributed by atoms with Crippen molar-refractivity contribution in [1.29, 1.82) is 0 Å². The summed E-state index contributed by atoms with van der Waals surface area (Å²) in [6, 6.07) is 14.6. The summed E-state index contributed by atoms with van der Waals surface area (Å²) in [5, 5.41) is 7.87. The van der Waals surface area contributed by atoms with Crippen LogP contribution < -0.4 is 10.2 Å². The molecule has 166 valence electrons. The zero-order valence-electron chi connectivity index (χ0n) is 17.3. The van der Waals surface area contributed by atoms with Crippen LogP contribution in [0.1, 0.15) is 16.8 Å². The molecule has 4 aromatic rings. The van der Waals surface area contributed by atoms with Crippen LogP contribution in [0.2, 0.25) is 0 Å². The van der Waals surface area contributed by atoms with Gasteiger partial charge in [-0.15, -0.1) is 0 Å². The zero-order chi connectivity index (χ0) is 22.9. The first-order chi connectivity index (χ1) is 15.2. The maximum atomic E-state index is 12.8. The number of aryl methyl sites for hydroxylation is 1. The summed E-state index contributed by atoms with van der Waals surface area (Å²) in [4.78, 5) is 18.7. The van der Waals surface area contributed by atoms with E-state index < -0.39 is 11.7 Å². The highest BCUT2D eigenvalue weighted by Gasteiger charge is 2.30. The van der Waals surface area contributed by atoms with Crippen molar-refractivity contribution in [3.8, 4) is 5.69 Å². The van der Waals surface area contributed by atoms with E-state index in [4.69, 9.17) is 0 Å². The average molecular weight is 459 g/mol. The van der Waals surface area contributed by atoms with Crippen LogP contribution in [0.25, 0.3) is 16.0 Å². The molecule has 2 aromatic heterocycles. The van der Waals surface area contributed by atoms with E-state index in [1.165, 1.54) is 17.4 Å². The van der Waals surface area contributed by atoms with Crippen molar-refractivity contribution in [2.45, 2.75) is 19.6 Å². The Balaban J connectivity index is 1.44. The molecule has 0 saturated heterocycles. The third kappa shape index (κ3) is 4.59. The number of likely N-dealkylation sites (N-methyl/N-ethyl adjacent to an activating group) is 1. The number of amides is 1. The average Bonchev–Trinajstić information content (AvgIpc) is 3.33. The van der Waals surface area contributed by atoms with Crippen molar-refractivity contribution < 1.29 is 18.0 Å². The number of carbonyl (C=O) groups is 1. The number of anilines is 1. The number of carbonyl (C=O) groups excluding carboxylic acids is 1. The van der Waals surface area contributed by atoms with Crippen LogP contribution >= 0.6 is 11.3 Å². The van der Waals surface area contributed by atoms with E-state index in [1.54, 1.807) is 22.7 Å². The minimum Gasteiger partial charge on any atom is -0.350 e. The molecule has 0 saturated carbocycles. The number of thiazole rings is 1. The van der Waals surface area contributed by atoms with Crippen LogP contribution in [0.3, 0.4) is 0 Å². The van der Waals surface area contributed by atoms with Gasteiger partial charge < -0.3 is 10.2 Å². The smallest absolute Gasteiger partial charge is 0.350 e. The summed E-state index contributed by atoms with van der Waals surface area (Å²) < 4.78 is 41.2. The molecule has 0 fully saturated rings. The highest BCUT2D eigenvalue weighted by molar-refractivity contribution is 7.22. The minimum absolute atomic E-state index is 0.0124. The maximum Gasteiger partial charge on any atom is 0.416 e. The lowest BCUT2D eigenvalue weighted by Gasteiger charge is -2.15. The number of hydrogen-bond acceptors (Lipinski definition) is 5. The second-order valence-corrected chi connectivity index (χ2v) is 8.29. The first-order valence-electron chi connectivity index (χ1n) is 9.78. The highest BCUT2D eigenvalue weighted by Crippen LogP contribution is 2.32. The molecular weight excluding hydrogens is 439 g/mol. The van der Waals surface area contributed by atoms with Crippen LogP contribution in [0.4, 0.5) is 18.3 Å². The first kappa shape index (κ1) is 21.8. The molecule has 2 aromatic carbocycles. The predicted molar refractivity (Wildman–Crippen MR) is 118 cm³/mol. The van der Waals surface area contributed by atoms with Crippen LogP contribution in [0.15, 0.2) is 54.6 Å². The Kier molecular flexibility index (Phi) is 5.88.